The maximum Gasteiger partial charge on any atom is 0.194 e. The largest absolute Gasteiger partial charge is 0.497 e. The summed E-state index contributed by atoms with van der Waals surface area (Å²) in [6.45, 7) is 2.12. The van der Waals surface area contributed by atoms with Crippen LogP contribution in [0.15, 0.2) is 36.7 Å². The van der Waals surface area contributed by atoms with Crippen LogP contribution in [0.3, 0.4) is 0 Å². The maximum absolute atomic E-state index is 5.17. The summed E-state index contributed by atoms with van der Waals surface area (Å²) in [6.07, 6.45) is 3.83. The summed E-state index contributed by atoms with van der Waals surface area (Å²) < 4.78 is 7.30. The number of hydrogen-bond acceptors (Lipinski definition) is 3. The number of nitrogens with zero attached hydrogens (tertiary/aromatic N) is 2. The first-order chi connectivity index (χ1) is 8.29. The zero-order chi connectivity index (χ0) is 11.8. The summed E-state index contributed by atoms with van der Waals surface area (Å²) in [7, 11) is 1.68. The number of imidazole rings is 1. The van der Waals surface area contributed by atoms with Crippen molar-refractivity contribution in [3.8, 4) is 17.0 Å². The number of hydrogen-bond donors (Lipinski definition) is 0. The van der Waals surface area contributed by atoms with Crippen molar-refractivity contribution in [3.63, 3.8) is 0 Å². The lowest BCUT2D eigenvalue weighted by molar-refractivity contribution is 0.415. The fourth-order valence-corrected chi connectivity index (χ4v) is 2.93. The number of ether oxygens (including phenoxy) is 1. The van der Waals surface area contributed by atoms with E-state index < -0.39 is 0 Å². The smallest absolute Gasteiger partial charge is 0.194 e. The molecule has 0 aliphatic rings. The summed E-state index contributed by atoms with van der Waals surface area (Å²) in [4.78, 5) is 6.63. The topological polar surface area (TPSA) is 26.5 Å². The van der Waals surface area contributed by atoms with Crippen LogP contribution < -0.4 is 4.74 Å². The van der Waals surface area contributed by atoms with E-state index in [2.05, 4.69) is 28.4 Å². The Bertz CT molecular complexity index is 652. The van der Waals surface area contributed by atoms with E-state index >= 15 is 0 Å². The normalized spacial score (nSPS) is 10.9. The van der Waals surface area contributed by atoms with Crippen LogP contribution in [0.1, 0.15) is 4.88 Å². The summed E-state index contributed by atoms with van der Waals surface area (Å²) in [6, 6.07) is 8.12. The van der Waals surface area contributed by atoms with Gasteiger partial charge in [0, 0.05) is 17.3 Å². The minimum Gasteiger partial charge on any atom is -0.497 e. The second-order valence-corrected chi connectivity index (χ2v) is 5.00. The van der Waals surface area contributed by atoms with Gasteiger partial charge in [-0.05, 0) is 36.8 Å². The molecule has 0 aliphatic heterocycles. The molecule has 1 aromatic carbocycles. The first-order valence-electron chi connectivity index (χ1n) is 5.36. The van der Waals surface area contributed by atoms with Crippen molar-refractivity contribution >= 4 is 16.3 Å². The van der Waals surface area contributed by atoms with E-state index in [1.54, 1.807) is 18.4 Å². The highest BCUT2D eigenvalue weighted by atomic mass is 32.1. The van der Waals surface area contributed by atoms with Gasteiger partial charge in [0.1, 0.15) is 5.75 Å². The molecule has 0 N–H and O–H groups in total. The van der Waals surface area contributed by atoms with E-state index in [9.17, 15) is 0 Å². The number of methoxy groups -OCH3 is 1. The molecule has 0 bridgehead atoms. The molecule has 0 amide bonds. The van der Waals surface area contributed by atoms with Crippen molar-refractivity contribution in [1.82, 2.24) is 9.38 Å². The second-order valence-electron chi connectivity index (χ2n) is 3.82. The Balaban J connectivity index is 2.18. The maximum atomic E-state index is 5.17. The van der Waals surface area contributed by atoms with Gasteiger partial charge in [-0.1, -0.05) is 0 Å². The van der Waals surface area contributed by atoms with Gasteiger partial charge in [-0.25, -0.2) is 4.98 Å². The fourth-order valence-electron chi connectivity index (χ4n) is 1.98. The third kappa shape index (κ3) is 1.61. The quantitative estimate of drug-likeness (QED) is 0.691. The van der Waals surface area contributed by atoms with Gasteiger partial charge in [0.15, 0.2) is 4.96 Å². The van der Waals surface area contributed by atoms with Crippen LogP contribution in [0, 0.1) is 6.92 Å². The lowest BCUT2D eigenvalue weighted by atomic mass is 10.1. The van der Waals surface area contributed by atoms with Gasteiger partial charge < -0.3 is 4.74 Å². The van der Waals surface area contributed by atoms with Gasteiger partial charge in [-0.2, -0.15) is 0 Å². The van der Waals surface area contributed by atoms with Crippen LogP contribution in [0.25, 0.3) is 16.2 Å². The van der Waals surface area contributed by atoms with Gasteiger partial charge >= 0.3 is 0 Å². The van der Waals surface area contributed by atoms with E-state index in [-0.39, 0.29) is 0 Å². The van der Waals surface area contributed by atoms with Crippen LogP contribution in [-0.2, 0) is 0 Å². The van der Waals surface area contributed by atoms with Crippen LogP contribution in [0.5, 0.6) is 5.75 Å². The molecule has 0 saturated heterocycles. The number of rotatable bonds is 2. The van der Waals surface area contributed by atoms with Gasteiger partial charge in [0.05, 0.1) is 12.8 Å². The monoisotopic (exact) mass is 244 g/mol. The van der Waals surface area contributed by atoms with Crippen molar-refractivity contribution in [1.29, 1.82) is 0 Å². The number of benzene rings is 1. The van der Waals surface area contributed by atoms with Crippen molar-refractivity contribution < 1.29 is 4.74 Å². The molecule has 86 valence electrons. The van der Waals surface area contributed by atoms with Crippen LogP contribution >= 0.6 is 11.3 Å². The minimum atomic E-state index is 0.878. The molecule has 0 atom stereocenters. The summed E-state index contributed by atoms with van der Waals surface area (Å²) in [5.41, 5.74) is 2.40. The first-order valence-corrected chi connectivity index (χ1v) is 6.18. The van der Waals surface area contributed by atoms with Gasteiger partial charge in [-0.15, -0.1) is 11.3 Å². The Morgan fingerprint density at radius 2 is 2.00 bits per heavy atom. The second kappa shape index (κ2) is 3.89. The minimum absolute atomic E-state index is 0.878. The Labute approximate surface area is 103 Å². The lowest BCUT2D eigenvalue weighted by Crippen LogP contribution is -1.87. The summed E-state index contributed by atoms with van der Waals surface area (Å²) in [5, 5.41) is 0. The average Bonchev–Trinajstić information content (AvgIpc) is 2.89. The average molecular weight is 244 g/mol. The molecular weight excluding hydrogens is 232 g/mol. The number of thiazole rings is 1. The van der Waals surface area contributed by atoms with E-state index in [0.29, 0.717) is 0 Å². The van der Waals surface area contributed by atoms with Gasteiger partial charge in [0.2, 0.25) is 0 Å². The van der Waals surface area contributed by atoms with Crippen molar-refractivity contribution in [2.24, 2.45) is 0 Å². The molecule has 3 rings (SSSR count). The van der Waals surface area contributed by atoms with Crippen molar-refractivity contribution in [3.05, 3.63) is 41.5 Å². The van der Waals surface area contributed by atoms with Crippen LogP contribution in [-0.4, -0.2) is 16.5 Å². The molecule has 2 heterocycles. The lowest BCUT2D eigenvalue weighted by Gasteiger charge is -2.04. The molecule has 4 heteroatoms. The molecule has 0 fully saturated rings. The molecule has 0 saturated carbocycles. The highest BCUT2D eigenvalue weighted by molar-refractivity contribution is 7.17. The van der Waals surface area contributed by atoms with Crippen LogP contribution in [0.2, 0.25) is 0 Å². The van der Waals surface area contributed by atoms with Crippen molar-refractivity contribution in [2.45, 2.75) is 6.92 Å². The van der Waals surface area contributed by atoms with E-state index in [4.69, 9.17) is 4.74 Å². The zero-order valence-electron chi connectivity index (χ0n) is 9.68. The molecule has 2 aromatic heterocycles. The molecule has 0 radical (unpaired) electrons. The zero-order valence-corrected chi connectivity index (χ0v) is 10.5. The molecule has 17 heavy (non-hydrogen) atoms. The molecule has 3 nitrogen and oxygen atoms in total. The highest BCUT2D eigenvalue weighted by Gasteiger charge is 2.11. The molecule has 0 unspecified atom stereocenters. The summed E-state index contributed by atoms with van der Waals surface area (Å²) >= 11 is 1.71. The third-order valence-electron chi connectivity index (χ3n) is 2.79. The SMILES string of the molecule is COc1ccc(-c2c(C)sc3nccn23)cc1. The Morgan fingerprint density at radius 3 is 2.71 bits per heavy atom. The number of aromatic nitrogens is 2. The van der Waals surface area contributed by atoms with Gasteiger partial charge in [0.25, 0.3) is 0 Å². The van der Waals surface area contributed by atoms with Gasteiger partial charge in [-0.3, -0.25) is 4.40 Å². The molecule has 0 spiro atoms. The number of aryl methyl sites for hydroxylation is 1. The first kappa shape index (κ1) is 10.4. The molecular formula is C13H12N2OS. The van der Waals surface area contributed by atoms with E-state index in [1.165, 1.54) is 16.1 Å². The molecule has 3 aromatic rings. The predicted octanol–water partition coefficient (Wildman–Crippen LogP) is 3.38. The predicted molar refractivity (Wildman–Crippen MR) is 69.8 cm³/mol. The fraction of sp³-hybridized carbons (Fsp3) is 0.154. The Hall–Kier alpha value is -1.81. The molecule has 0 aliphatic carbocycles. The Morgan fingerprint density at radius 1 is 1.24 bits per heavy atom. The van der Waals surface area contributed by atoms with E-state index in [1.807, 2.05) is 24.5 Å². The standard InChI is InChI=1S/C13H12N2OS/c1-9-12(15-8-7-14-13(15)17-9)10-3-5-11(16-2)6-4-10/h3-8H,1-2H3. The van der Waals surface area contributed by atoms with Crippen LogP contribution in [0.4, 0.5) is 0 Å². The van der Waals surface area contributed by atoms with E-state index in [0.717, 1.165) is 10.7 Å². The summed E-state index contributed by atoms with van der Waals surface area (Å²) in [5.74, 6) is 0.878. The number of fused-ring (bicyclic) bond motifs is 1. The highest BCUT2D eigenvalue weighted by Crippen LogP contribution is 2.31. The van der Waals surface area contributed by atoms with Crippen molar-refractivity contribution in [2.75, 3.05) is 7.11 Å². The third-order valence-corrected chi connectivity index (χ3v) is 3.77. The Kier molecular flexibility index (Phi) is 2.37.